The average Bonchev–Trinajstić information content (AvgIpc) is 2.58. The van der Waals surface area contributed by atoms with Gasteiger partial charge in [0.15, 0.2) is 11.6 Å². The zero-order chi connectivity index (χ0) is 12.5. The highest BCUT2D eigenvalue weighted by atomic mass is 127. The van der Waals surface area contributed by atoms with E-state index in [1.807, 2.05) is 29.5 Å². The minimum Gasteiger partial charge on any atom is -0.365 e. The van der Waals surface area contributed by atoms with Crippen LogP contribution in [0, 0.1) is 9.39 Å². The molecule has 1 atom stereocenters. The molecule has 1 aliphatic rings. The van der Waals surface area contributed by atoms with Gasteiger partial charge in [0.25, 0.3) is 0 Å². The lowest BCUT2D eigenvalue weighted by Crippen LogP contribution is -2.44. The molecular weight excluding hydrogens is 336 g/mol. The van der Waals surface area contributed by atoms with Crippen LogP contribution in [0.15, 0.2) is 12.3 Å². The number of hydrogen-bond donors (Lipinski definition) is 2. The SMILES string of the molecule is CC1(CNc2ncc(I)cc2F)CCC(=O)N1. The van der Waals surface area contributed by atoms with E-state index in [4.69, 9.17) is 0 Å². The first-order valence-corrected chi connectivity index (χ1v) is 6.42. The van der Waals surface area contributed by atoms with Gasteiger partial charge in [-0.05, 0) is 42.0 Å². The minimum absolute atomic E-state index is 0.0466. The Morgan fingerprint density at radius 2 is 2.47 bits per heavy atom. The van der Waals surface area contributed by atoms with E-state index in [1.54, 1.807) is 6.20 Å². The van der Waals surface area contributed by atoms with Gasteiger partial charge in [0.05, 0.1) is 5.54 Å². The van der Waals surface area contributed by atoms with E-state index in [0.29, 0.717) is 13.0 Å². The molecule has 1 saturated heterocycles. The van der Waals surface area contributed by atoms with Gasteiger partial charge >= 0.3 is 0 Å². The molecule has 2 N–H and O–H groups in total. The van der Waals surface area contributed by atoms with Crippen LogP contribution in [0.2, 0.25) is 0 Å². The molecule has 0 radical (unpaired) electrons. The quantitative estimate of drug-likeness (QED) is 0.820. The lowest BCUT2D eigenvalue weighted by atomic mass is 10.0. The molecule has 17 heavy (non-hydrogen) atoms. The zero-order valence-corrected chi connectivity index (χ0v) is 11.5. The Balaban J connectivity index is 2.00. The molecule has 1 aromatic rings. The smallest absolute Gasteiger partial charge is 0.220 e. The molecule has 0 saturated carbocycles. The summed E-state index contributed by atoms with van der Waals surface area (Å²) in [4.78, 5) is 15.1. The maximum atomic E-state index is 13.5. The van der Waals surface area contributed by atoms with Gasteiger partial charge in [0, 0.05) is 22.7 Å². The van der Waals surface area contributed by atoms with Crippen molar-refractivity contribution in [2.75, 3.05) is 11.9 Å². The van der Waals surface area contributed by atoms with Crippen LogP contribution < -0.4 is 10.6 Å². The van der Waals surface area contributed by atoms with Gasteiger partial charge in [-0.15, -0.1) is 0 Å². The maximum Gasteiger partial charge on any atom is 0.220 e. The van der Waals surface area contributed by atoms with Crippen LogP contribution in [-0.4, -0.2) is 23.0 Å². The topological polar surface area (TPSA) is 54.0 Å². The summed E-state index contributed by atoms with van der Waals surface area (Å²) in [7, 11) is 0. The van der Waals surface area contributed by atoms with Crippen molar-refractivity contribution in [1.82, 2.24) is 10.3 Å². The number of nitrogens with one attached hydrogen (secondary N) is 2. The summed E-state index contributed by atoms with van der Waals surface area (Å²) in [5, 5.41) is 5.82. The fourth-order valence-electron chi connectivity index (χ4n) is 1.81. The molecular formula is C11H13FIN3O. The Bertz CT molecular complexity index is 454. The van der Waals surface area contributed by atoms with Gasteiger partial charge in [0.1, 0.15) is 0 Å². The average molecular weight is 349 g/mol. The molecule has 6 heteroatoms. The Morgan fingerprint density at radius 3 is 3.06 bits per heavy atom. The summed E-state index contributed by atoms with van der Waals surface area (Å²) >= 11 is 2.01. The van der Waals surface area contributed by atoms with Gasteiger partial charge in [-0.2, -0.15) is 0 Å². The van der Waals surface area contributed by atoms with Crippen molar-refractivity contribution in [2.24, 2.45) is 0 Å². The molecule has 1 aromatic heterocycles. The summed E-state index contributed by atoms with van der Waals surface area (Å²) in [6.45, 7) is 2.42. The summed E-state index contributed by atoms with van der Waals surface area (Å²) in [6, 6.07) is 1.42. The highest BCUT2D eigenvalue weighted by Crippen LogP contribution is 2.21. The monoisotopic (exact) mass is 349 g/mol. The second-order valence-corrected chi connectivity index (χ2v) is 5.69. The lowest BCUT2D eigenvalue weighted by molar-refractivity contribution is -0.119. The number of halogens is 2. The number of anilines is 1. The van der Waals surface area contributed by atoms with Crippen LogP contribution in [0.1, 0.15) is 19.8 Å². The molecule has 92 valence electrons. The van der Waals surface area contributed by atoms with E-state index in [-0.39, 0.29) is 23.1 Å². The Morgan fingerprint density at radius 1 is 1.71 bits per heavy atom. The van der Waals surface area contributed by atoms with E-state index >= 15 is 0 Å². The fraction of sp³-hybridized carbons (Fsp3) is 0.455. The van der Waals surface area contributed by atoms with E-state index in [2.05, 4.69) is 15.6 Å². The van der Waals surface area contributed by atoms with E-state index in [9.17, 15) is 9.18 Å². The summed E-state index contributed by atoms with van der Waals surface area (Å²) in [6.07, 6.45) is 2.88. The number of carbonyl (C=O) groups is 1. The third kappa shape index (κ3) is 3.05. The van der Waals surface area contributed by atoms with Crippen molar-refractivity contribution >= 4 is 34.3 Å². The number of amides is 1. The highest BCUT2D eigenvalue weighted by molar-refractivity contribution is 14.1. The summed E-state index contributed by atoms with van der Waals surface area (Å²) < 4.78 is 14.3. The number of nitrogens with zero attached hydrogens (tertiary/aromatic N) is 1. The van der Waals surface area contributed by atoms with Crippen LogP contribution in [0.5, 0.6) is 0 Å². The number of aromatic nitrogens is 1. The second kappa shape index (κ2) is 4.75. The molecule has 0 bridgehead atoms. The molecule has 1 fully saturated rings. The second-order valence-electron chi connectivity index (χ2n) is 4.45. The van der Waals surface area contributed by atoms with Gasteiger partial charge in [-0.25, -0.2) is 9.37 Å². The van der Waals surface area contributed by atoms with Gasteiger partial charge in [-0.3, -0.25) is 4.79 Å². The number of hydrogen-bond acceptors (Lipinski definition) is 3. The third-order valence-corrected chi connectivity index (χ3v) is 3.39. The minimum atomic E-state index is -0.371. The fourth-order valence-corrected chi connectivity index (χ4v) is 2.22. The van der Waals surface area contributed by atoms with Crippen molar-refractivity contribution in [3.63, 3.8) is 0 Å². The molecule has 4 nitrogen and oxygen atoms in total. The van der Waals surface area contributed by atoms with E-state index in [0.717, 1.165) is 9.99 Å². The molecule has 1 aliphatic heterocycles. The van der Waals surface area contributed by atoms with Crippen LogP contribution in [0.3, 0.4) is 0 Å². The van der Waals surface area contributed by atoms with Crippen molar-refractivity contribution in [2.45, 2.75) is 25.3 Å². The van der Waals surface area contributed by atoms with Gasteiger partial charge in [0.2, 0.25) is 5.91 Å². The first-order chi connectivity index (χ1) is 7.98. The van der Waals surface area contributed by atoms with Gasteiger partial charge in [-0.1, -0.05) is 0 Å². The summed E-state index contributed by atoms with van der Waals surface area (Å²) in [5.41, 5.74) is -0.311. The molecule has 2 heterocycles. The molecule has 0 aromatic carbocycles. The van der Waals surface area contributed by atoms with Crippen molar-refractivity contribution in [3.8, 4) is 0 Å². The van der Waals surface area contributed by atoms with Crippen molar-refractivity contribution in [3.05, 3.63) is 21.7 Å². The molecule has 0 aliphatic carbocycles. The highest BCUT2D eigenvalue weighted by Gasteiger charge is 2.32. The number of pyridine rings is 1. The predicted octanol–water partition coefficient (Wildman–Crippen LogP) is 1.91. The normalized spacial score (nSPS) is 23.6. The molecule has 0 spiro atoms. The predicted molar refractivity (Wildman–Crippen MR) is 71.2 cm³/mol. The Labute approximate surface area is 113 Å². The lowest BCUT2D eigenvalue weighted by Gasteiger charge is -2.24. The third-order valence-electron chi connectivity index (χ3n) is 2.80. The van der Waals surface area contributed by atoms with E-state index < -0.39 is 0 Å². The summed E-state index contributed by atoms with van der Waals surface area (Å²) in [5.74, 6) is -0.0945. The Hall–Kier alpha value is -0.920. The largest absolute Gasteiger partial charge is 0.365 e. The van der Waals surface area contributed by atoms with E-state index in [1.165, 1.54) is 6.07 Å². The van der Waals surface area contributed by atoms with Crippen LogP contribution >= 0.6 is 22.6 Å². The van der Waals surface area contributed by atoms with Crippen molar-refractivity contribution < 1.29 is 9.18 Å². The van der Waals surface area contributed by atoms with Crippen LogP contribution in [0.4, 0.5) is 10.2 Å². The van der Waals surface area contributed by atoms with Crippen molar-refractivity contribution in [1.29, 1.82) is 0 Å². The first-order valence-electron chi connectivity index (χ1n) is 5.34. The molecule has 2 rings (SSSR count). The first kappa shape index (κ1) is 12.5. The van der Waals surface area contributed by atoms with Gasteiger partial charge < -0.3 is 10.6 Å². The number of carbonyl (C=O) groups excluding carboxylic acids is 1. The zero-order valence-electron chi connectivity index (χ0n) is 9.39. The standard InChI is InChI=1S/C11H13FIN3O/c1-11(3-2-9(17)16-11)6-15-10-8(12)4-7(13)5-14-10/h4-5H,2-3,6H2,1H3,(H,14,15)(H,16,17). The van der Waals surface area contributed by atoms with Crippen LogP contribution in [-0.2, 0) is 4.79 Å². The Kier molecular flexibility index (Phi) is 3.50. The molecule has 1 amide bonds. The number of rotatable bonds is 3. The maximum absolute atomic E-state index is 13.5. The van der Waals surface area contributed by atoms with Crippen LogP contribution in [0.25, 0.3) is 0 Å². The molecule has 1 unspecified atom stereocenters.